The van der Waals surface area contributed by atoms with Gasteiger partial charge in [-0.15, -0.1) is 0 Å². The number of benzene rings is 2. The maximum Gasteiger partial charge on any atom is 0.374 e. The lowest BCUT2D eigenvalue weighted by Crippen LogP contribution is -2.27. The van der Waals surface area contributed by atoms with E-state index in [-0.39, 0.29) is 19.0 Å². The molecule has 0 unspecified atom stereocenters. The number of para-hydroxylation sites is 2. The molecule has 4 rings (SSSR count). The summed E-state index contributed by atoms with van der Waals surface area (Å²) in [6, 6.07) is 14.7. The van der Waals surface area contributed by atoms with Crippen LogP contribution in [0, 0.1) is 0 Å². The fourth-order valence-corrected chi connectivity index (χ4v) is 3.15. The molecule has 0 bridgehead atoms. The highest BCUT2D eigenvalue weighted by atomic mass is 16.6. The molecule has 1 aliphatic heterocycles. The number of hydrogen-bond donors (Lipinski definition) is 0. The first kappa shape index (κ1) is 17.1. The lowest BCUT2D eigenvalue weighted by atomic mass is 10.1. The predicted octanol–water partition coefficient (Wildman–Crippen LogP) is 3.66. The van der Waals surface area contributed by atoms with Crippen molar-refractivity contribution in [2.45, 2.75) is 26.1 Å². The summed E-state index contributed by atoms with van der Waals surface area (Å²) in [6.45, 7) is 1.85. The van der Waals surface area contributed by atoms with E-state index in [0.717, 1.165) is 5.56 Å². The van der Waals surface area contributed by atoms with E-state index in [1.165, 1.54) is 0 Å². The monoisotopic (exact) mass is 366 g/mol. The van der Waals surface area contributed by atoms with E-state index in [9.17, 15) is 9.59 Å². The minimum Gasteiger partial charge on any atom is -0.478 e. The molecule has 1 aromatic heterocycles. The Morgan fingerprint density at radius 1 is 1.07 bits per heavy atom. The summed E-state index contributed by atoms with van der Waals surface area (Å²) in [6.07, 6.45) is -0.224. The van der Waals surface area contributed by atoms with E-state index in [4.69, 9.17) is 18.6 Å². The number of hydrogen-bond acceptors (Lipinski definition) is 6. The molecule has 0 aliphatic carbocycles. The van der Waals surface area contributed by atoms with Gasteiger partial charge in [0.2, 0.25) is 5.76 Å². The second-order valence-electron chi connectivity index (χ2n) is 6.15. The molecular weight excluding hydrogens is 348 g/mol. The lowest BCUT2D eigenvalue weighted by Gasteiger charge is -2.11. The maximum absolute atomic E-state index is 12.5. The Hall–Kier alpha value is -3.28. The van der Waals surface area contributed by atoms with Gasteiger partial charge in [0.15, 0.2) is 6.10 Å². The van der Waals surface area contributed by atoms with Gasteiger partial charge in [-0.25, -0.2) is 9.59 Å². The smallest absolute Gasteiger partial charge is 0.374 e. The molecule has 0 spiro atoms. The fourth-order valence-electron chi connectivity index (χ4n) is 3.15. The van der Waals surface area contributed by atoms with Crippen LogP contribution in [0.25, 0.3) is 11.0 Å². The van der Waals surface area contributed by atoms with Crippen molar-refractivity contribution >= 4 is 22.9 Å². The predicted molar refractivity (Wildman–Crippen MR) is 96.5 cm³/mol. The van der Waals surface area contributed by atoms with Gasteiger partial charge in [-0.1, -0.05) is 36.4 Å². The third kappa shape index (κ3) is 3.26. The van der Waals surface area contributed by atoms with Gasteiger partial charge >= 0.3 is 11.9 Å². The van der Waals surface area contributed by atoms with Crippen LogP contribution in [-0.4, -0.2) is 24.6 Å². The first-order valence-electron chi connectivity index (χ1n) is 8.76. The largest absolute Gasteiger partial charge is 0.478 e. The number of rotatable bonds is 5. The second-order valence-corrected chi connectivity index (χ2v) is 6.15. The molecule has 1 aliphatic rings. The normalized spacial score (nSPS) is 15.2. The zero-order chi connectivity index (χ0) is 18.8. The number of carbonyl (C=O) groups is 2. The van der Waals surface area contributed by atoms with Crippen LogP contribution in [0.5, 0.6) is 5.75 Å². The molecule has 3 aromatic rings. The maximum atomic E-state index is 12.5. The topological polar surface area (TPSA) is 75.0 Å². The molecule has 0 saturated carbocycles. The van der Waals surface area contributed by atoms with E-state index < -0.39 is 18.0 Å². The van der Waals surface area contributed by atoms with Crippen LogP contribution in [-0.2, 0) is 27.3 Å². The van der Waals surface area contributed by atoms with Crippen LogP contribution in [0.2, 0.25) is 0 Å². The molecule has 0 fully saturated rings. The minimum absolute atomic E-state index is 0.0569. The summed E-state index contributed by atoms with van der Waals surface area (Å²) in [5.74, 6) is -0.308. The Labute approximate surface area is 155 Å². The molecule has 0 radical (unpaired) electrons. The number of esters is 2. The quantitative estimate of drug-likeness (QED) is 0.642. The van der Waals surface area contributed by atoms with Crippen LogP contribution in [0.3, 0.4) is 0 Å². The van der Waals surface area contributed by atoms with Gasteiger partial charge in [0.05, 0.1) is 12.2 Å². The Morgan fingerprint density at radius 3 is 2.67 bits per heavy atom. The van der Waals surface area contributed by atoms with Crippen molar-refractivity contribution in [2.24, 2.45) is 0 Å². The Morgan fingerprint density at radius 2 is 1.85 bits per heavy atom. The number of ether oxygens (including phenoxy) is 3. The summed E-state index contributed by atoms with van der Waals surface area (Å²) < 4.78 is 21.8. The molecule has 6 nitrogen and oxygen atoms in total. The average Bonchev–Trinajstić information content (AvgIpc) is 3.28. The summed E-state index contributed by atoms with van der Waals surface area (Å²) >= 11 is 0. The van der Waals surface area contributed by atoms with E-state index in [1.807, 2.05) is 36.4 Å². The van der Waals surface area contributed by atoms with E-state index in [1.54, 1.807) is 19.1 Å². The van der Waals surface area contributed by atoms with Crippen molar-refractivity contribution in [1.82, 2.24) is 0 Å². The highest BCUT2D eigenvalue weighted by molar-refractivity contribution is 5.96. The van der Waals surface area contributed by atoms with Gasteiger partial charge in [-0.2, -0.15) is 0 Å². The Kier molecular flexibility index (Phi) is 4.54. The third-order valence-corrected chi connectivity index (χ3v) is 4.43. The average molecular weight is 366 g/mol. The van der Waals surface area contributed by atoms with Gasteiger partial charge in [0.25, 0.3) is 0 Å². The molecule has 1 atom stereocenters. The van der Waals surface area contributed by atoms with Crippen LogP contribution < -0.4 is 4.74 Å². The summed E-state index contributed by atoms with van der Waals surface area (Å²) in [5.41, 5.74) is 2.00. The molecule has 0 amide bonds. The van der Waals surface area contributed by atoms with Crippen LogP contribution >= 0.6 is 0 Å². The van der Waals surface area contributed by atoms with Crippen LogP contribution in [0.1, 0.15) is 28.6 Å². The number of furan rings is 1. The zero-order valence-corrected chi connectivity index (χ0v) is 14.8. The fraction of sp³-hybridized carbons (Fsp3) is 0.238. The van der Waals surface area contributed by atoms with E-state index >= 15 is 0 Å². The van der Waals surface area contributed by atoms with Crippen molar-refractivity contribution in [3.8, 4) is 5.75 Å². The van der Waals surface area contributed by atoms with Crippen LogP contribution in [0.4, 0.5) is 0 Å². The summed E-state index contributed by atoms with van der Waals surface area (Å²) in [4.78, 5) is 24.7. The highest BCUT2D eigenvalue weighted by Gasteiger charge is 2.31. The highest BCUT2D eigenvalue weighted by Crippen LogP contribution is 2.30. The number of carbonyl (C=O) groups excluding carboxylic acids is 2. The molecular formula is C21H18O6. The second kappa shape index (κ2) is 7.15. The molecule has 2 heterocycles. The van der Waals surface area contributed by atoms with E-state index in [0.29, 0.717) is 28.7 Å². The van der Waals surface area contributed by atoms with Gasteiger partial charge in [-0.3, -0.25) is 0 Å². The summed E-state index contributed by atoms with van der Waals surface area (Å²) in [7, 11) is 0. The molecule has 6 heteroatoms. The molecule has 138 valence electrons. The Bertz CT molecular complexity index is 978. The molecule has 0 saturated heterocycles. The molecule has 27 heavy (non-hydrogen) atoms. The first-order valence-corrected chi connectivity index (χ1v) is 8.76. The molecule has 2 aromatic carbocycles. The summed E-state index contributed by atoms with van der Waals surface area (Å²) in [5, 5.41) is 0.712. The van der Waals surface area contributed by atoms with Crippen molar-refractivity contribution in [1.29, 1.82) is 0 Å². The van der Waals surface area contributed by atoms with Gasteiger partial charge in [0, 0.05) is 11.8 Å². The lowest BCUT2D eigenvalue weighted by molar-refractivity contribution is -0.152. The number of fused-ring (bicyclic) bond motifs is 2. The minimum atomic E-state index is -0.688. The van der Waals surface area contributed by atoms with Gasteiger partial charge in [0.1, 0.15) is 17.9 Å². The van der Waals surface area contributed by atoms with Crippen molar-refractivity contribution in [3.63, 3.8) is 0 Å². The SMILES string of the molecule is CCOC(=O)c1oc2ccccc2c1COC(=O)[C@H]1Cc2ccccc2O1. The molecule has 0 N–H and O–H groups in total. The first-order chi connectivity index (χ1) is 13.2. The third-order valence-electron chi connectivity index (χ3n) is 4.43. The van der Waals surface area contributed by atoms with Gasteiger partial charge in [-0.05, 0) is 24.6 Å². The van der Waals surface area contributed by atoms with Crippen molar-refractivity contribution in [3.05, 3.63) is 65.4 Å². The van der Waals surface area contributed by atoms with Crippen molar-refractivity contribution < 1.29 is 28.2 Å². The zero-order valence-electron chi connectivity index (χ0n) is 14.8. The standard InChI is InChI=1S/C21H18O6/c1-2-24-21(23)19-15(14-8-4-6-10-17(14)27-19)12-25-20(22)18-11-13-7-3-5-9-16(13)26-18/h3-10,18H,2,11-12H2,1H3/t18-/m1/s1. The van der Waals surface area contributed by atoms with Gasteiger partial charge < -0.3 is 18.6 Å². The van der Waals surface area contributed by atoms with Crippen molar-refractivity contribution in [2.75, 3.05) is 6.61 Å². The van der Waals surface area contributed by atoms with E-state index in [2.05, 4.69) is 0 Å². The Balaban J connectivity index is 1.52. The van der Waals surface area contributed by atoms with Crippen LogP contribution in [0.15, 0.2) is 52.9 Å².